The first-order valence-corrected chi connectivity index (χ1v) is 8.91. The molecule has 6 nitrogen and oxygen atoms in total. The third kappa shape index (κ3) is 4.58. The predicted octanol–water partition coefficient (Wildman–Crippen LogP) is 2.87. The van der Waals surface area contributed by atoms with Gasteiger partial charge in [0.1, 0.15) is 0 Å². The summed E-state index contributed by atoms with van der Waals surface area (Å²) in [6, 6.07) is 12.6. The fourth-order valence-electron chi connectivity index (χ4n) is 2.72. The standard InChI is InChI=1S/C21H24N2O4/c1-21(2,3)16-7-4-14(5-8-16)19(24)22-10-11-23-20(25)15-6-9-17-18(12-15)27-13-26-17/h4-9,12H,10-11,13H2,1-3H3,(H,22,24)(H,23,25). The van der Waals surface area contributed by atoms with E-state index < -0.39 is 0 Å². The Labute approximate surface area is 158 Å². The smallest absolute Gasteiger partial charge is 0.251 e. The number of hydrogen-bond acceptors (Lipinski definition) is 4. The zero-order valence-corrected chi connectivity index (χ0v) is 15.8. The Balaban J connectivity index is 1.45. The van der Waals surface area contributed by atoms with Gasteiger partial charge in [-0.05, 0) is 41.3 Å². The van der Waals surface area contributed by atoms with Crippen molar-refractivity contribution in [3.8, 4) is 11.5 Å². The highest BCUT2D eigenvalue weighted by atomic mass is 16.7. The molecule has 0 aliphatic carbocycles. The fourth-order valence-corrected chi connectivity index (χ4v) is 2.72. The van der Waals surface area contributed by atoms with Crippen LogP contribution in [0.1, 0.15) is 47.1 Å². The van der Waals surface area contributed by atoms with Crippen LogP contribution >= 0.6 is 0 Å². The van der Waals surface area contributed by atoms with Gasteiger partial charge in [0.15, 0.2) is 11.5 Å². The van der Waals surface area contributed by atoms with Crippen LogP contribution < -0.4 is 20.1 Å². The average molecular weight is 368 g/mol. The average Bonchev–Trinajstić information content (AvgIpc) is 3.12. The molecule has 6 heteroatoms. The van der Waals surface area contributed by atoms with E-state index in [4.69, 9.17) is 9.47 Å². The zero-order chi connectivity index (χ0) is 19.4. The molecule has 0 bridgehead atoms. The number of carbonyl (C=O) groups is 2. The highest BCUT2D eigenvalue weighted by molar-refractivity contribution is 5.95. The molecule has 2 N–H and O–H groups in total. The van der Waals surface area contributed by atoms with Crippen molar-refractivity contribution < 1.29 is 19.1 Å². The van der Waals surface area contributed by atoms with Crippen molar-refractivity contribution in [3.63, 3.8) is 0 Å². The van der Waals surface area contributed by atoms with Crippen molar-refractivity contribution in [2.24, 2.45) is 0 Å². The maximum atomic E-state index is 12.2. The lowest BCUT2D eigenvalue weighted by Gasteiger charge is -2.19. The number of fused-ring (bicyclic) bond motifs is 1. The fraction of sp³-hybridized carbons (Fsp3) is 0.333. The van der Waals surface area contributed by atoms with Crippen molar-refractivity contribution in [3.05, 3.63) is 59.2 Å². The van der Waals surface area contributed by atoms with Gasteiger partial charge in [-0.25, -0.2) is 0 Å². The molecule has 3 rings (SSSR count). The van der Waals surface area contributed by atoms with Gasteiger partial charge < -0.3 is 20.1 Å². The van der Waals surface area contributed by atoms with Gasteiger partial charge in [0.05, 0.1) is 0 Å². The quantitative estimate of drug-likeness (QED) is 0.796. The van der Waals surface area contributed by atoms with Gasteiger partial charge in [0, 0.05) is 24.2 Å². The minimum absolute atomic E-state index is 0.0496. The van der Waals surface area contributed by atoms with E-state index in [0.717, 1.165) is 0 Å². The molecular formula is C21H24N2O4. The van der Waals surface area contributed by atoms with Crippen LogP contribution in [-0.2, 0) is 5.41 Å². The molecule has 0 saturated heterocycles. The predicted molar refractivity (Wildman–Crippen MR) is 102 cm³/mol. The summed E-state index contributed by atoms with van der Waals surface area (Å²) in [6.45, 7) is 7.24. The Morgan fingerprint density at radius 2 is 1.41 bits per heavy atom. The molecule has 0 aromatic heterocycles. The molecule has 2 aromatic carbocycles. The van der Waals surface area contributed by atoms with Gasteiger partial charge in [0.2, 0.25) is 6.79 Å². The Kier molecular flexibility index (Phi) is 5.35. The van der Waals surface area contributed by atoms with Gasteiger partial charge >= 0.3 is 0 Å². The number of amides is 2. The van der Waals surface area contributed by atoms with Crippen LogP contribution in [-0.4, -0.2) is 31.7 Å². The summed E-state index contributed by atoms with van der Waals surface area (Å²) in [4.78, 5) is 24.4. The maximum absolute atomic E-state index is 12.2. The summed E-state index contributed by atoms with van der Waals surface area (Å²) < 4.78 is 10.5. The van der Waals surface area contributed by atoms with Gasteiger partial charge in [-0.15, -0.1) is 0 Å². The van der Waals surface area contributed by atoms with Crippen molar-refractivity contribution in [2.75, 3.05) is 19.9 Å². The molecule has 0 unspecified atom stereocenters. The minimum atomic E-state index is -0.225. The summed E-state index contributed by atoms with van der Waals surface area (Å²) >= 11 is 0. The molecule has 1 aliphatic rings. The first kappa shape index (κ1) is 18.8. The van der Waals surface area contributed by atoms with Crippen molar-refractivity contribution >= 4 is 11.8 Å². The molecule has 1 heterocycles. The van der Waals surface area contributed by atoms with Crippen molar-refractivity contribution in [1.82, 2.24) is 10.6 Å². The van der Waals surface area contributed by atoms with Crippen LogP contribution in [0.2, 0.25) is 0 Å². The molecule has 0 atom stereocenters. The number of rotatable bonds is 5. The molecule has 1 aliphatic heterocycles. The van der Waals surface area contributed by atoms with E-state index in [1.54, 1.807) is 18.2 Å². The molecule has 0 radical (unpaired) electrons. The molecule has 0 fully saturated rings. The third-order valence-corrected chi connectivity index (χ3v) is 4.34. The second kappa shape index (κ2) is 7.70. The Morgan fingerprint density at radius 3 is 2.04 bits per heavy atom. The monoisotopic (exact) mass is 368 g/mol. The molecule has 142 valence electrons. The van der Waals surface area contributed by atoms with Crippen LogP contribution in [0.5, 0.6) is 11.5 Å². The molecule has 2 aromatic rings. The highest BCUT2D eigenvalue weighted by Gasteiger charge is 2.16. The number of ether oxygens (including phenoxy) is 2. The summed E-state index contributed by atoms with van der Waals surface area (Å²) in [6.07, 6.45) is 0. The lowest BCUT2D eigenvalue weighted by molar-refractivity contribution is 0.0927. The summed E-state index contributed by atoms with van der Waals surface area (Å²) in [5.74, 6) is 0.816. The first-order chi connectivity index (χ1) is 12.8. The van der Waals surface area contributed by atoms with E-state index in [2.05, 4.69) is 31.4 Å². The van der Waals surface area contributed by atoms with Gasteiger partial charge in [0.25, 0.3) is 11.8 Å². The summed E-state index contributed by atoms with van der Waals surface area (Å²) in [7, 11) is 0. The summed E-state index contributed by atoms with van der Waals surface area (Å²) in [5, 5.41) is 5.58. The third-order valence-electron chi connectivity index (χ3n) is 4.34. The van der Waals surface area contributed by atoms with Crippen LogP contribution in [0.25, 0.3) is 0 Å². The molecule has 0 saturated carbocycles. The largest absolute Gasteiger partial charge is 0.454 e. The Morgan fingerprint density at radius 1 is 0.852 bits per heavy atom. The minimum Gasteiger partial charge on any atom is -0.454 e. The number of benzene rings is 2. The van der Waals surface area contributed by atoms with Crippen LogP contribution in [0.3, 0.4) is 0 Å². The van der Waals surface area contributed by atoms with Gasteiger partial charge in [-0.2, -0.15) is 0 Å². The van der Waals surface area contributed by atoms with E-state index in [-0.39, 0.29) is 24.0 Å². The number of carbonyl (C=O) groups excluding carboxylic acids is 2. The SMILES string of the molecule is CC(C)(C)c1ccc(C(=O)NCCNC(=O)c2ccc3c(c2)OCO3)cc1. The topological polar surface area (TPSA) is 76.7 Å². The molecule has 0 spiro atoms. The lowest BCUT2D eigenvalue weighted by atomic mass is 9.87. The van der Waals surface area contributed by atoms with Crippen molar-refractivity contribution in [1.29, 1.82) is 0 Å². The second-order valence-electron chi connectivity index (χ2n) is 7.41. The van der Waals surface area contributed by atoms with Crippen molar-refractivity contribution in [2.45, 2.75) is 26.2 Å². The van der Waals surface area contributed by atoms with E-state index in [0.29, 0.717) is 35.7 Å². The first-order valence-electron chi connectivity index (χ1n) is 8.91. The van der Waals surface area contributed by atoms with E-state index in [1.165, 1.54) is 5.56 Å². The highest BCUT2D eigenvalue weighted by Crippen LogP contribution is 2.32. The zero-order valence-electron chi connectivity index (χ0n) is 15.8. The lowest BCUT2D eigenvalue weighted by Crippen LogP contribution is -2.34. The van der Waals surface area contributed by atoms with E-state index in [9.17, 15) is 9.59 Å². The summed E-state index contributed by atoms with van der Waals surface area (Å²) in [5.41, 5.74) is 2.32. The Bertz CT molecular complexity index is 838. The van der Waals surface area contributed by atoms with Gasteiger partial charge in [-0.1, -0.05) is 32.9 Å². The van der Waals surface area contributed by atoms with E-state index in [1.807, 2.05) is 24.3 Å². The molecular weight excluding hydrogens is 344 g/mol. The number of hydrogen-bond donors (Lipinski definition) is 2. The van der Waals surface area contributed by atoms with Crippen LogP contribution in [0, 0.1) is 0 Å². The second-order valence-corrected chi connectivity index (χ2v) is 7.41. The normalized spacial score (nSPS) is 12.6. The van der Waals surface area contributed by atoms with E-state index >= 15 is 0 Å². The Hall–Kier alpha value is -3.02. The maximum Gasteiger partial charge on any atom is 0.251 e. The van der Waals surface area contributed by atoms with Crippen LogP contribution in [0.15, 0.2) is 42.5 Å². The number of nitrogens with one attached hydrogen (secondary N) is 2. The van der Waals surface area contributed by atoms with Gasteiger partial charge in [-0.3, -0.25) is 9.59 Å². The molecule has 2 amide bonds. The molecule has 27 heavy (non-hydrogen) atoms. The van der Waals surface area contributed by atoms with Crippen LogP contribution in [0.4, 0.5) is 0 Å².